The number of hydrogen-bond acceptors (Lipinski definition) is 8. The zero-order valence-electron chi connectivity index (χ0n) is 15.9. The molecule has 3 aromatic rings. The van der Waals surface area contributed by atoms with Crippen molar-refractivity contribution in [3.63, 3.8) is 0 Å². The van der Waals surface area contributed by atoms with Gasteiger partial charge in [0.25, 0.3) is 0 Å². The maximum Gasteiger partial charge on any atom is 0.374 e. The highest BCUT2D eigenvalue weighted by molar-refractivity contribution is 5.86. The maximum atomic E-state index is 11.7. The van der Waals surface area contributed by atoms with Crippen LogP contribution in [0, 0.1) is 0 Å². The van der Waals surface area contributed by atoms with E-state index in [2.05, 4.69) is 20.5 Å². The number of aromatic hydroxyl groups is 2. The van der Waals surface area contributed by atoms with Crippen LogP contribution in [-0.2, 0) is 0 Å². The lowest BCUT2D eigenvalue weighted by Gasteiger charge is -2.14. The second-order valence-corrected chi connectivity index (χ2v) is 6.62. The molecule has 1 aromatic carbocycles. The van der Waals surface area contributed by atoms with Gasteiger partial charge in [-0.15, -0.1) is 10.2 Å². The summed E-state index contributed by atoms with van der Waals surface area (Å²) in [7, 11) is 0. The molecule has 5 N–H and O–H groups in total. The number of phenols is 2. The first kappa shape index (κ1) is 20.1. The van der Waals surface area contributed by atoms with Crippen molar-refractivity contribution in [3.05, 3.63) is 41.9 Å². The van der Waals surface area contributed by atoms with Crippen LogP contribution < -0.4 is 5.32 Å². The van der Waals surface area contributed by atoms with Crippen molar-refractivity contribution in [1.82, 2.24) is 19.7 Å². The molecule has 10 heteroatoms. The van der Waals surface area contributed by atoms with E-state index < -0.39 is 5.97 Å². The van der Waals surface area contributed by atoms with Gasteiger partial charge in [-0.05, 0) is 29.7 Å². The van der Waals surface area contributed by atoms with Crippen molar-refractivity contribution >= 4 is 11.8 Å². The monoisotopic (exact) mass is 399 g/mol. The lowest BCUT2D eigenvalue weighted by molar-refractivity contribution is 0.0681. The van der Waals surface area contributed by atoms with E-state index >= 15 is 0 Å². The number of phenolic OH excluding ortho intramolecular Hbond substituents is 2. The molecule has 0 aliphatic heterocycles. The Balaban J connectivity index is 2.16. The number of nitrogens with zero attached hydrogens (tertiary/aromatic N) is 4. The topological polar surface area (TPSA) is 154 Å². The second-order valence-electron chi connectivity index (χ2n) is 6.62. The van der Waals surface area contributed by atoms with Crippen LogP contribution in [0.25, 0.3) is 17.1 Å². The Labute approximate surface area is 166 Å². The lowest BCUT2D eigenvalue weighted by Crippen LogP contribution is -2.11. The number of pyridine rings is 1. The molecule has 0 fully saturated rings. The van der Waals surface area contributed by atoms with Crippen LogP contribution in [0.2, 0.25) is 0 Å². The van der Waals surface area contributed by atoms with Gasteiger partial charge in [0.05, 0.1) is 24.1 Å². The molecule has 0 atom stereocenters. The normalized spacial score (nSPS) is 11.0. The molecule has 0 spiro atoms. The van der Waals surface area contributed by atoms with Gasteiger partial charge >= 0.3 is 5.97 Å². The summed E-state index contributed by atoms with van der Waals surface area (Å²) >= 11 is 0. The smallest absolute Gasteiger partial charge is 0.374 e. The minimum absolute atomic E-state index is 0.0387. The van der Waals surface area contributed by atoms with E-state index in [4.69, 9.17) is 5.11 Å². The predicted molar refractivity (Wildman–Crippen MR) is 105 cm³/mol. The van der Waals surface area contributed by atoms with Crippen LogP contribution in [0.15, 0.2) is 30.5 Å². The average Bonchev–Trinajstić information content (AvgIpc) is 3.11. The van der Waals surface area contributed by atoms with E-state index in [1.165, 1.54) is 16.8 Å². The first-order chi connectivity index (χ1) is 13.8. The van der Waals surface area contributed by atoms with Gasteiger partial charge in [0.15, 0.2) is 5.82 Å². The van der Waals surface area contributed by atoms with E-state index in [9.17, 15) is 20.1 Å². The lowest BCUT2D eigenvalue weighted by atomic mass is 9.98. The number of aliphatic hydroxyl groups excluding tert-OH is 1. The highest BCUT2D eigenvalue weighted by Gasteiger charge is 2.24. The molecular weight excluding hydrogens is 378 g/mol. The summed E-state index contributed by atoms with van der Waals surface area (Å²) in [5.74, 6) is -1.41. The number of anilines is 1. The van der Waals surface area contributed by atoms with Crippen molar-refractivity contribution < 1.29 is 25.2 Å². The Bertz CT molecular complexity index is 1030. The number of benzene rings is 1. The summed E-state index contributed by atoms with van der Waals surface area (Å²) in [4.78, 5) is 15.9. The summed E-state index contributed by atoms with van der Waals surface area (Å²) < 4.78 is 1.27. The highest BCUT2D eigenvalue weighted by Crippen LogP contribution is 2.38. The fourth-order valence-corrected chi connectivity index (χ4v) is 2.88. The van der Waals surface area contributed by atoms with E-state index in [0.29, 0.717) is 23.6 Å². The first-order valence-corrected chi connectivity index (χ1v) is 8.89. The Morgan fingerprint density at radius 1 is 1.17 bits per heavy atom. The van der Waals surface area contributed by atoms with Crippen molar-refractivity contribution in [3.8, 4) is 28.6 Å². The molecule has 0 saturated carbocycles. The number of aliphatic hydroxyl groups is 1. The number of hydrogen-bond donors (Lipinski definition) is 5. The number of carboxylic acid groups (broad SMARTS) is 1. The van der Waals surface area contributed by atoms with Crippen LogP contribution in [0.1, 0.15) is 35.9 Å². The molecule has 152 valence electrons. The molecule has 0 aliphatic rings. The van der Waals surface area contributed by atoms with Gasteiger partial charge in [0, 0.05) is 12.6 Å². The minimum Gasteiger partial charge on any atom is -0.508 e. The molecule has 2 aromatic heterocycles. The number of rotatable bonds is 7. The Hall–Kier alpha value is -3.66. The molecule has 2 heterocycles. The summed E-state index contributed by atoms with van der Waals surface area (Å²) in [6, 6.07) is 6.00. The fourth-order valence-electron chi connectivity index (χ4n) is 2.88. The third-order valence-electron chi connectivity index (χ3n) is 4.29. The van der Waals surface area contributed by atoms with E-state index in [1.54, 1.807) is 18.2 Å². The molecule has 3 rings (SSSR count). The van der Waals surface area contributed by atoms with Gasteiger partial charge in [0.1, 0.15) is 17.3 Å². The van der Waals surface area contributed by atoms with Crippen LogP contribution in [-0.4, -0.2) is 59.3 Å². The maximum absolute atomic E-state index is 11.7. The number of carbonyl (C=O) groups is 1. The van der Waals surface area contributed by atoms with E-state index in [0.717, 1.165) is 0 Å². The van der Waals surface area contributed by atoms with Gasteiger partial charge in [-0.1, -0.05) is 13.8 Å². The molecule has 29 heavy (non-hydrogen) atoms. The Kier molecular flexibility index (Phi) is 5.64. The van der Waals surface area contributed by atoms with Gasteiger partial charge in [-0.3, -0.25) is 4.57 Å². The zero-order valence-corrected chi connectivity index (χ0v) is 15.9. The summed E-state index contributed by atoms with van der Waals surface area (Å²) in [6.07, 6.45) is 1.43. The predicted octanol–water partition coefficient (Wildman–Crippen LogP) is 1.97. The standard InChI is InChI=1S/C19H21N5O5/c1-10(2)12-7-13(15(27)8-14(12)26)17-22-23-18(19(28)29)24(17)11-3-4-16(21-9-11)20-5-6-25/h3-4,7-10,25-27H,5-6H2,1-2H3,(H,20,21)(H,28,29). The molecule has 0 radical (unpaired) electrons. The average molecular weight is 399 g/mol. The van der Waals surface area contributed by atoms with Gasteiger partial charge in [-0.2, -0.15) is 0 Å². The highest BCUT2D eigenvalue weighted by atomic mass is 16.4. The summed E-state index contributed by atoms with van der Waals surface area (Å²) in [5.41, 5.74) is 1.18. The summed E-state index contributed by atoms with van der Waals surface area (Å²) in [5, 5.41) is 49.5. The molecule has 0 bridgehead atoms. The van der Waals surface area contributed by atoms with E-state index in [-0.39, 0.29) is 41.2 Å². The van der Waals surface area contributed by atoms with Crippen molar-refractivity contribution in [1.29, 1.82) is 0 Å². The molecule has 0 amide bonds. The Morgan fingerprint density at radius 3 is 2.52 bits per heavy atom. The quantitative estimate of drug-likeness (QED) is 0.401. The van der Waals surface area contributed by atoms with Crippen LogP contribution >= 0.6 is 0 Å². The van der Waals surface area contributed by atoms with Gasteiger partial charge in [0.2, 0.25) is 5.82 Å². The van der Waals surface area contributed by atoms with Crippen molar-refractivity contribution in [2.75, 3.05) is 18.5 Å². The molecule has 0 saturated heterocycles. The SMILES string of the molecule is CC(C)c1cc(-c2nnc(C(=O)O)n2-c2ccc(NCCO)nc2)c(O)cc1O. The third kappa shape index (κ3) is 3.97. The zero-order chi connectivity index (χ0) is 21.1. The van der Waals surface area contributed by atoms with Crippen molar-refractivity contribution in [2.24, 2.45) is 0 Å². The summed E-state index contributed by atoms with van der Waals surface area (Å²) in [6.45, 7) is 4.03. The van der Waals surface area contributed by atoms with Crippen LogP contribution in [0.3, 0.4) is 0 Å². The minimum atomic E-state index is -1.30. The number of aromatic carboxylic acids is 1. The Morgan fingerprint density at radius 2 is 1.93 bits per heavy atom. The third-order valence-corrected chi connectivity index (χ3v) is 4.29. The molecule has 0 aliphatic carbocycles. The number of aromatic nitrogens is 4. The number of carboxylic acids is 1. The fraction of sp³-hybridized carbons (Fsp3) is 0.263. The molecule has 10 nitrogen and oxygen atoms in total. The second kappa shape index (κ2) is 8.15. The molecule has 0 unspecified atom stereocenters. The van der Waals surface area contributed by atoms with Crippen molar-refractivity contribution in [2.45, 2.75) is 19.8 Å². The largest absolute Gasteiger partial charge is 0.508 e. The van der Waals surface area contributed by atoms with Gasteiger partial charge < -0.3 is 25.7 Å². The molecular formula is C19H21N5O5. The first-order valence-electron chi connectivity index (χ1n) is 8.89. The van der Waals surface area contributed by atoms with Gasteiger partial charge in [-0.25, -0.2) is 9.78 Å². The van der Waals surface area contributed by atoms with Crippen LogP contribution in [0.4, 0.5) is 5.82 Å². The van der Waals surface area contributed by atoms with E-state index in [1.807, 2.05) is 13.8 Å². The number of nitrogens with one attached hydrogen (secondary N) is 1. The van der Waals surface area contributed by atoms with Crippen LogP contribution in [0.5, 0.6) is 11.5 Å².